The Morgan fingerprint density at radius 2 is 1.69 bits per heavy atom. The molecule has 1 aromatic carbocycles. The van der Waals surface area contributed by atoms with Crippen LogP contribution in [-0.2, 0) is 19.0 Å². The first-order valence-electron chi connectivity index (χ1n) is 12.4. The summed E-state index contributed by atoms with van der Waals surface area (Å²) in [6.45, 7) is 2.64. The van der Waals surface area contributed by atoms with E-state index in [2.05, 4.69) is 12.1 Å². The first-order chi connectivity index (χ1) is 15.8. The number of carbonyl (C=O) groups excluding carboxylic acids is 1. The summed E-state index contributed by atoms with van der Waals surface area (Å²) >= 11 is 0. The normalized spacial score (nSPS) is 28.6. The third kappa shape index (κ3) is 5.53. The molecule has 0 spiro atoms. The van der Waals surface area contributed by atoms with Crippen molar-refractivity contribution in [3.63, 3.8) is 0 Å². The Kier molecular flexibility index (Phi) is 7.10. The monoisotopic (exact) mass is 441 g/mol. The van der Waals surface area contributed by atoms with E-state index in [1.165, 1.54) is 24.8 Å². The maximum absolute atomic E-state index is 12.9. The molecule has 1 unspecified atom stereocenters. The minimum atomic E-state index is -0.0516. The molecule has 2 aliphatic heterocycles. The lowest BCUT2D eigenvalue weighted by Gasteiger charge is -2.34. The van der Waals surface area contributed by atoms with Crippen LogP contribution in [0, 0.1) is 0 Å². The van der Waals surface area contributed by atoms with Crippen molar-refractivity contribution < 1.29 is 23.7 Å². The van der Waals surface area contributed by atoms with Crippen LogP contribution in [0.5, 0.6) is 5.75 Å². The zero-order valence-electron chi connectivity index (χ0n) is 18.9. The molecule has 174 valence electrons. The standard InChI is InChI=1S/C26H35NO5/c28-26-24(32-23-10-6-20(7-11-23)19-4-5-19)14-15-27(26)21-8-12-22(13-9-21)29-17-18-31-25-3-1-2-16-30-25/h6-7,10-11,14,19,21-22,25H,1-5,8-9,12-13,15-18H2/t21-,22-,25?. The van der Waals surface area contributed by atoms with Crippen molar-refractivity contribution in [3.8, 4) is 5.75 Å². The van der Waals surface area contributed by atoms with Crippen LogP contribution < -0.4 is 4.74 Å². The van der Waals surface area contributed by atoms with E-state index in [0.717, 1.165) is 56.8 Å². The maximum Gasteiger partial charge on any atom is 0.289 e. The molecule has 1 saturated heterocycles. The fraction of sp³-hybridized carbons (Fsp3) is 0.654. The molecule has 1 aromatic rings. The molecule has 2 heterocycles. The van der Waals surface area contributed by atoms with Crippen molar-refractivity contribution in [2.45, 2.75) is 82.1 Å². The van der Waals surface area contributed by atoms with E-state index in [9.17, 15) is 4.79 Å². The summed E-state index contributed by atoms with van der Waals surface area (Å²) in [6.07, 6.45) is 11.9. The van der Waals surface area contributed by atoms with Gasteiger partial charge in [-0.3, -0.25) is 4.79 Å². The van der Waals surface area contributed by atoms with E-state index in [1.807, 2.05) is 23.1 Å². The second-order valence-electron chi connectivity index (χ2n) is 9.44. The molecule has 6 heteroatoms. The van der Waals surface area contributed by atoms with Crippen molar-refractivity contribution in [1.29, 1.82) is 0 Å². The Hall–Kier alpha value is -1.89. The van der Waals surface area contributed by atoms with Crippen LogP contribution in [0.2, 0.25) is 0 Å². The topological polar surface area (TPSA) is 57.2 Å². The Balaban J connectivity index is 1.01. The lowest BCUT2D eigenvalue weighted by molar-refractivity contribution is -0.172. The smallest absolute Gasteiger partial charge is 0.289 e. The molecule has 32 heavy (non-hydrogen) atoms. The maximum atomic E-state index is 12.9. The van der Waals surface area contributed by atoms with Gasteiger partial charge in [0.1, 0.15) is 5.75 Å². The predicted octanol–water partition coefficient (Wildman–Crippen LogP) is 4.54. The lowest BCUT2D eigenvalue weighted by Crippen LogP contribution is -2.41. The molecule has 2 saturated carbocycles. The average Bonchev–Trinajstić information content (AvgIpc) is 3.63. The van der Waals surface area contributed by atoms with Crippen molar-refractivity contribution >= 4 is 5.91 Å². The Morgan fingerprint density at radius 1 is 0.906 bits per heavy atom. The van der Waals surface area contributed by atoms with Crippen LogP contribution in [-0.4, -0.2) is 55.6 Å². The summed E-state index contributed by atoms with van der Waals surface area (Å²) in [7, 11) is 0. The summed E-state index contributed by atoms with van der Waals surface area (Å²) in [5, 5.41) is 0. The van der Waals surface area contributed by atoms with Gasteiger partial charge in [0.15, 0.2) is 12.0 Å². The highest BCUT2D eigenvalue weighted by Gasteiger charge is 2.34. The summed E-state index contributed by atoms with van der Waals surface area (Å²) in [6, 6.07) is 8.48. The average molecular weight is 442 g/mol. The molecular formula is C26H35NO5. The second-order valence-corrected chi connectivity index (χ2v) is 9.44. The zero-order chi connectivity index (χ0) is 21.8. The molecule has 0 radical (unpaired) electrons. The van der Waals surface area contributed by atoms with Gasteiger partial charge in [-0.05, 0) is 87.5 Å². The number of carbonyl (C=O) groups is 1. The van der Waals surface area contributed by atoms with E-state index in [-0.39, 0.29) is 24.3 Å². The molecule has 0 bridgehead atoms. The highest BCUT2D eigenvalue weighted by Crippen LogP contribution is 2.40. The summed E-state index contributed by atoms with van der Waals surface area (Å²) < 4.78 is 23.3. The van der Waals surface area contributed by atoms with E-state index in [0.29, 0.717) is 25.5 Å². The minimum absolute atomic E-state index is 0.0153. The molecule has 2 aliphatic carbocycles. The molecular weight excluding hydrogens is 406 g/mol. The van der Waals surface area contributed by atoms with Crippen LogP contribution in [0.3, 0.4) is 0 Å². The van der Waals surface area contributed by atoms with Crippen molar-refractivity contribution in [1.82, 2.24) is 4.90 Å². The van der Waals surface area contributed by atoms with Crippen LogP contribution in [0.4, 0.5) is 0 Å². The van der Waals surface area contributed by atoms with Gasteiger partial charge >= 0.3 is 0 Å². The first kappa shape index (κ1) is 21.9. The minimum Gasteiger partial charge on any atom is -0.452 e. The number of hydrogen-bond donors (Lipinski definition) is 0. The van der Waals surface area contributed by atoms with Crippen molar-refractivity contribution in [2.75, 3.05) is 26.4 Å². The number of rotatable bonds is 9. The van der Waals surface area contributed by atoms with Gasteiger partial charge in [0.2, 0.25) is 0 Å². The molecule has 3 fully saturated rings. The van der Waals surface area contributed by atoms with Gasteiger partial charge in [-0.2, -0.15) is 0 Å². The summed E-state index contributed by atoms with van der Waals surface area (Å²) in [5.74, 6) is 1.95. The number of amides is 1. The number of nitrogens with zero attached hydrogens (tertiary/aromatic N) is 1. The fourth-order valence-electron chi connectivity index (χ4n) is 5.01. The third-order valence-electron chi connectivity index (χ3n) is 7.06. The quantitative estimate of drug-likeness (QED) is 0.527. The van der Waals surface area contributed by atoms with E-state index in [4.69, 9.17) is 18.9 Å². The number of benzene rings is 1. The summed E-state index contributed by atoms with van der Waals surface area (Å²) in [5.41, 5.74) is 1.37. The van der Waals surface area contributed by atoms with Gasteiger partial charge in [0.25, 0.3) is 5.91 Å². The number of hydrogen-bond acceptors (Lipinski definition) is 5. The molecule has 5 rings (SSSR count). The largest absolute Gasteiger partial charge is 0.452 e. The van der Waals surface area contributed by atoms with Crippen LogP contribution in [0.1, 0.15) is 69.3 Å². The fourth-order valence-corrected chi connectivity index (χ4v) is 5.01. The van der Waals surface area contributed by atoms with E-state index >= 15 is 0 Å². The Morgan fingerprint density at radius 3 is 2.41 bits per heavy atom. The zero-order valence-corrected chi connectivity index (χ0v) is 18.9. The summed E-state index contributed by atoms with van der Waals surface area (Å²) in [4.78, 5) is 14.9. The molecule has 4 aliphatic rings. The Bertz CT molecular complexity index is 789. The molecule has 6 nitrogen and oxygen atoms in total. The number of ether oxygens (including phenoxy) is 4. The van der Waals surface area contributed by atoms with Gasteiger partial charge in [-0.1, -0.05) is 12.1 Å². The lowest BCUT2D eigenvalue weighted by atomic mass is 9.92. The van der Waals surface area contributed by atoms with Gasteiger partial charge in [0, 0.05) is 19.2 Å². The van der Waals surface area contributed by atoms with E-state index < -0.39 is 0 Å². The van der Waals surface area contributed by atoms with E-state index in [1.54, 1.807) is 0 Å². The highest BCUT2D eigenvalue weighted by molar-refractivity contribution is 5.94. The van der Waals surface area contributed by atoms with Gasteiger partial charge < -0.3 is 23.8 Å². The van der Waals surface area contributed by atoms with Crippen LogP contribution in [0.15, 0.2) is 36.1 Å². The molecule has 1 amide bonds. The second kappa shape index (κ2) is 10.4. The molecule has 1 atom stereocenters. The van der Waals surface area contributed by atoms with Crippen LogP contribution in [0.25, 0.3) is 0 Å². The van der Waals surface area contributed by atoms with Gasteiger partial charge in [-0.15, -0.1) is 0 Å². The van der Waals surface area contributed by atoms with Crippen molar-refractivity contribution in [3.05, 3.63) is 41.7 Å². The first-order valence-corrected chi connectivity index (χ1v) is 12.4. The SMILES string of the molecule is O=C1C(Oc2ccc(C3CC3)cc2)=CCN1[C@H]1CC[C@H](OCCOC2CCCCO2)CC1. The third-order valence-corrected chi connectivity index (χ3v) is 7.06. The molecule has 0 N–H and O–H groups in total. The molecule has 0 aromatic heterocycles. The van der Waals surface area contributed by atoms with Gasteiger partial charge in [-0.25, -0.2) is 0 Å². The predicted molar refractivity (Wildman–Crippen MR) is 120 cm³/mol. The van der Waals surface area contributed by atoms with Gasteiger partial charge in [0.05, 0.1) is 19.3 Å². The Labute approximate surface area is 190 Å². The van der Waals surface area contributed by atoms with Crippen molar-refractivity contribution in [2.24, 2.45) is 0 Å². The van der Waals surface area contributed by atoms with Crippen LogP contribution >= 0.6 is 0 Å². The highest BCUT2D eigenvalue weighted by atomic mass is 16.7.